The number of aromatic nitrogens is 4. The van der Waals surface area contributed by atoms with Gasteiger partial charge in [0, 0.05) is 20.3 Å². The van der Waals surface area contributed by atoms with Crippen molar-refractivity contribution in [1.82, 2.24) is 25.0 Å². The Kier molecular flexibility index (Phi) is 3.98. The predicted octanol–water partition coefficient (Wildman–Crippen LogP) is 1.13. The van der Waals surface area contributed by atoms with E-state index in [4.69, 9.17) is 0 Å². The number of hydrogen-bond acceptors (Lipinski definition) is 4. The SMILES string of the molecule is Cc1nn(C)c(F)c1/C=N/NC(=O)c1nn(C)cc1Br. The predicted molar refractivity (Wildman–Crippen MR) is 73.9 cm³/mol. The maximum atomic E-state index is 13.6. The molecule has 0 spiro atoms. The molecule has 0 aliphatic heterocycles. The van der Waals surface area contributed by atoms with Gasteiger partial charge in [-0.05, 0) is 22.9 Å². The number of amides is 1. The molecule has 0 unspecified atom stereocenters. The third-order valence-electron chi connectivity index (χ3n) is 2.56. The number of rotatable bonds is 3. The summed E-state index contributed by atoms with van der Waals surface area (Å²) in [5.74, 6) is -1.00. The molecular weight excluding hydrogens is 331 g/mol. The first-order chi connectivity index (χ1) is 9.40. The van der Waals surface area contributed by atoms with Crippen molar-refractivity contribution < 1.29 is 9.18 Å². The van der Waals surface area contributed by atoms with Gasteiger partial charge in [-0.1, -0.05) is 0 Å². The lowest BCUT2D eigenvalue weighted by Gasteiger charge is -1.96. The van der Waals surface area contributed by atoms with Crippen LogP contribution in [0.4, 0.5) is 4.39 Å². The molecule has 0 saturated carbocycles. The summed E-state index contributed by atoms with van der Waals surface area (Å²) < 4.78 is 16.8. The fourth-order valence-electron chi connectivity index (χ4n) is 1.61. The summed E-state index contributed by atoms with van der Waals surface area (Å²) in [6.07, 6.45) is 2.86. The van der Waals surface area contributed by atoms with Gasteiger partial charge in [-0.15, -0.1) is 0 Å². The van der Waals surface area contributed by atoms with Crippen LogP contribution >= 0.6 is 15.9 Å². The van der Waals surface area contributed by atoms with Gasteiger partial charge < -0.3 is 0 Å². The van der Waals surface area contributed by atoms with Crippen molar-refractivity contribution >= 4 is 28.1 Å². The molecule has 0 atom stereocenters. The van der Waals surface area contributed by atoms with Crippen molar-refractivity contribution in [3.63, 3.8) is 0 Å². The molecule has 2 aromatic heterocycles. The fraction of sp³-hybridized carbons (Fsp3) is 0.273. The van der Waals surface area contributed by atoms with Crippen LogP contribution in [0, 0.1) is 12.9 Å². The van der Waals surface area contributed by atoms with Crippen LogP contribution in [0.25, 0.3) is 0 Å². The van der Waals surface area contributed by atoms with Gasteiger partial charge in [0.1, 0.15) is 0 Å². The summed E-state index contributed by atoms with van der Waals surface area (Å²) in [7, 11) is 3.18. The summed E-state index contributed by atoms with van der Waals surface area (Å²) in [4.78, 5) is 11.8. The number of nitrogens with zero attached hydrogens (tertiary/aromatic N) is 5. The van der Waals surface area contributed by atoms with Gasteiger partial charge in [0.25, 0.3) is 5.91 Å². The Morgan fingerprint density at radius 1 is 1.50 bits per heavy atom. The zero-order valence-electron chi connectivity index (χ0n) is 11.1. The van der Waals surface area contributed by atoms with E-state index in [-0.39, 0.29) is 11.3 Å². The molecule has 0 fully saturated rings. The second-order valence-corrected chi connectivity index (χ2v) is 4.97. The Hall–Kier alpha value is -2.03. The third kappa shape index (κ3) is 2.77. The normalized spacial score (nSPS) is 11.2. The third-order valence-corrected chi connectivity index (χ3v) is 3.14. The van der Waals surface area contributed by atoms with Crippen molar-refractivity contribution in [3.8, 4) is 0 Å². The van der Waals surface area contributed by atoms with Gasteiger partial charge in [0.15, 0.2) is 5.69 Å². The van der Waals surface area contributed by atoms with E-state index in [1.807, 2.05) is 0 Å². The molecule has 2 heterocycles. The molecule has 9 heteroatoms. The molecule has 0 bridgehead atoms. The minimum absolute atomic E-state index is 0.202. The molecular formula is C11H12BrFN6O. The van der Waals surface area contributed by atoms with Gasteiger partial charge in [-0.2, -0.15) is 19.7 Å². The molecule has 1 amide bonds. The lowest BCUT2D eigenvalue weighted by molar-refractivity contribution is 0.0948. The first-order valence-electron chi connectivity index (χ1n) is 5.61. The quantitative estimate of drug-likeness (QED) is 0.670. The van der Waals surface area contributed by atoms with E-state index in [1.54, 1.807) is 20.2 Å². The van der Waals surface area contributed by atoms with Crippen molar-refractivity contribution in [2.24, 2.45) is 19.2 Å². The maximum Gasteiger partial charge on any atom is 0.293 e. The van der Waals surface area contributed by atoms with Crippen LogP contribution in [0.15, 0.2) is 15.8 Å². The minimum atomic E-state index is -0.514. The minimum Gasteiger partial charge on any atom is -0.274 e. The van der Waals surface area contributed by atoms with E-state index in [9.17, 15) is 9.18 Å². The van der Waals surface area contributed by atoms with Crippen LogP contribution < -0.4 is 5.43 Å². The number of carbonyl (C=O) groups is 1. The van der Waals surface area contributed by atoms with Crippen LogP contribution in [0.1, 0.15) is 21.7 Å². The smallest absolute Gasteiger partial charge is 0.274 e. The highest BCUT2D eigenvalue weighted by molar-refractivity contribution is 9.10. The highest BCUT2D eigenvalue weighted by atomic mass is 79.9. The van der Waals surface area contributed by atoms with Crippen molar-refractivity contribution in [2.75, 3.05) is 0 Å². The highest BCUT2D eigenvalue weighted by Crippen LogP contribution is 2.13. The van der Waals surface area contributed by atoms with Gasteiger partial charge in [-0.25, -0.2) is 10.1 Å². The Morgan fingerprint density at radius 3 is 2.70 bits per heavy atom. The van der Waals surface area contributed by atoms with E-state index >= 15 is 0 Å². The largest absolute Gasteiger partial charge is 0.293 e. The van der Waals surface area contributed by atoms with E-state index < -0.39 is 11.9 Å². The molecule has 1 N–H and O–H groups in total. The Morgan fingerprint density at radius 2 is 2.20 bits per heavy atom. The number of halogens is 2. The number of aryl methyl sites for hydroxylation is 3. The van der Waals surface area contributed by atoms with E-state index in [0.717, 1.165) is 4.68 Å². The summed E-state index contributed by atoms with van der Waals surface area (Å²) in [6.45, 7) is 1.65. The van der Waals surface area contributed by atoms with Crippen LogP contribution in [-0.4, -0.2) is 31.7 Å². The molecule has 0 radical (unpaired) electrons. The average Bonchev–Trinajstić information content (AvgIpc) is 2.82. The van der Waals surface area contributed by atoms with Crippen molar-refractivity contribution in [2.45, 2.75) is 6.92 Å². The zero-order valence-corrected chi connectivity index (χ0v) is 12.6. The zero-order chi connectivity index (χ0) is 14.9. The average molecular weight is 343 g/mol. The summed E-state index contributed by atoms with van der Waals surface area (Å²) in [6, 6.07) is 0. The monoisotopic (exact) mass is 342 g/mol. The Balaban J connectivity index is 2.10. The highest BCUT2D eigenvalue weighted by Gasteiger charge is 2.14. The number of hydrazone groups is 1. The van der Waals surface area contributed by atoms with E-state index in [1.165, 1.54) is 17.9 Å². The Labute approximate surface area is 122 Å². The van der Waals surface area contributed by atoms with E-state index in [2.05, 4.69) is 36.7 Å². The van der Waals surface area contributed by atoms with Crippen molar-refractivity contribution in [1.29, 1.82) is 0 Å². The van der Waals surface area contributed by atoms with Crippen LogP contribution in [0.3, 0.4) is 0 Å². The summed E-state index contributed by atoms with van der Waals surface area (Å²) >= 11 is 3.21. The molecule has 7 nitrogen and oxygen atoms in total. The number of hydrogen-bond donors (Lipinski definition) is 1. The molecule has 0 aliphatic rings. The molecule has 2 rings (SSSR count). The molecule has 0 aliphatic carbocycles. The van der Waals surface area contributed by atoms with Gasteiger partial charge in [-0.3, -0.25) is 9.48 Å². The first kappa shape index (κ1) is 14.4. The Bertz CT molecular complexity index is 689. The molecule has 20 heavy (non-hydrogen) atoms. The molecule has 0 aromatic carbocycles. The van der Waals surface area contributed by atoms with Crippen LogP contribution in [0.2, 0.25) is 0 Å². The van der Waals surface area contributed by atoms with E-state index in [0.29, 0.717) is 10.2 Å². The maximum absolute atomic E-state index is 13.6. The van der Waals surface area contributed by atoms with Gasteiger partial charge >= 0.3 is 0 Å². The second-order valence-electron chi connectivity index (χ2n) is 4.11. The topological polar surface area (TPSA) is 77.1 Å². The van der Waals surface area contributed by atoms with Crippen LogP contribution in [0.5, 0.6) is 0 Å². The standard InChI is InChI=1S/C11H12BrFN6O/c1-6-7(10(13)19(3)16-6)4-14-15-11(20)9-8(12)5-18(2)17-9/h4-5H,1-3H3,(H,15,20)/b14-4+. The lowest BCUT2D eigenvalue weighted by atomic mass is 10.3. The molecule has 106 valence electrons. The number of carbonyl (C=O) groups excluding carboxylic acids is 1. The van der Waals surface area contributed by atoms with Crippen molar-refractivity contribution in [3.05, 3.63) is 33.6 Å². The molecule has 0 saturated heterocycles. The van der Waals surface area contributed by atoms with Crippen LogP contribution in [-0.2, 0) is 14.1 Å². The lowest BCUT2D eigenvalue weighted by Crippen LogP contribution is -2.19. The van der Waals surface area contributed by atoms with Gasteiger partial charge in [0.05, 0.1) is 21.9 Å². The number of nitrogens with one attached hydrogen (secondary N) is 1. The molecule has 2 aromatic rings. The van der Waals surface area contributed by atoms with Gasteiger partial charge in [0.2, 0.25) is 5.95 Å². The summed E-state index contributed by atoms with van der Waals surface area (Å²) in [5.41, 5.74) is 3.21. The first-order valence-corrected chi connectivity index (χ1v) is 6.41. The second kappa shape index (κ2) is 5.53. The fourth-order valence-corrected chi connectivity index (χ4v) is 2.17. The summed E-state index contributed by atoms with van der Waals surface area (Å²) in [5, 5.41) is 11.6.